The molecule has 5 N–H and O–H groups in total. The molecule has 1 fully saturated rings. The molecule has 0 unspecified atom stereocenters. The van der Waals surface area contributed by atoms with E-state index in [9.17, 15) is 20.1 Å². The maximum atomic E-state index is 11.4. The Bertz CT molecular complexity index is 272. The van der Waals surface area contributed by atoms with Gasteiger partial charge < -0.3 is 30.5 Å². The van der Waals surface area contributed by atoms with Crippen molar-refractivity contribution in [2.24, 2.45) is 5.92 Å². The molecule has 0 aliphatic carbocycles. The Hall–Kier alpha value is -0.730. The fourth-order valence-corrected chi connectivity index (χ4v) is 1.58. The van der Waals surface area contributed by atoms with Gasteiger partial charge in [0.15, 0.2) is 6.29 Å². The lowest BCUT2D eigenvalue weighted by atomic mass is 9.96. The molecule has 7 heteroatoms. The number of nitrogens with one attached hydrogen (secondary N) is 1. The molecule has 5 atom stereocenters. The van der Waals surface area contributed by atoms with Crippen molar-refractivity contribution in [2.45, 2.75) is 44.5 Å². The van der Waals surface area contributed by atoms with Gasteiger partial charge in [-0.15, -0.1) is 0 Å². The minimum absolute atomic E-state index is 0.317. The van der Waals surface area contributed by atoms with E-state index in [1.165, 1.54) is 0 Å². The van der Waals surface area contributed by atoms with Crippen LogP contribution in [0.4, 0.5) is 0 Å². The van der Waals surface area contributed by atoms with Gasteiger partial charge in [0, 0.05) is 5.92 Å². The summed E-state index contributed by atoms with van der Waals surface area (Å²) in [4.78, 5) is 11.4. The van der Waals surface area contributed by atoms with Crippen molar-refractivity contribution in [3.8, 4) is 0 Å². The van der Waals surface area contributed by atoms with Gasteiger partial charge in [0.25, 0.3) is 0 Å². The molecule has 1 saturated heterocycles. The van der Waals surface area contributed by atoms with Crippen LogP contribution < -0.4 is 5.32 Å². The van der Waals surface area contributed by atoms with Gasteiger partial charge in [0.05, 0.1) is 6.61 Å². The lowest BCUT2D eigenvalue weighted by Gasteiger charge is -2.40. The summed E-state index contributed by atoms with van der Waals surface area (Å²) in [5.41, 5.74) is 0. The van der Waals surface area contributed by atoms with Crippen LogP contribution in [-0.4, -0.2) is 63.6 Å². The molecule has 0 radical (unpaired) electrons. The van der Waals surface area contributed by atoms with Crippen molar-refractivity contribution in [3.05, 3.63) is 0 Å². The first-order valence-corrected chi connectivity index (χ1v) is 5.49. The predicted octanol–water partition coefficient (Wildman–Crippen LogP) is -2.44. The molecule has 17 heavy (non-hydrogen) atoms. The molecule has 0 spiro atoms. The third kappa shape index (κ3) is 3.14. The molecular weight excluding hydrogens is 230 g/mol. The molecule has 100 valence electrons. The summed E-state index contributed by atoms with van der Waals surface area (Å²) in [6.45, 7) is 2.79. The smallest absolute Gasteiger partial charge is 0.223 e. The lowest BCUT2D eigenvalue weighted by molar-refractivity contribution is -0.254. The Morgan fingerprint density at radius 2 is 1.88 bits per heavy atom. The van der Waals surface area contributed by atoms with Crippen LogP contribution >= 0.6 is 0 Å². The Balaban J connectivity index is 2.69. The minimum atomic E-state index is -1.46. The summed E-state index contributed by atoms with van der Waals surface area (Å²) in [6, 6.07) is -1.11. The number of carbonyl (C=O) groups excluding carboxylic acids is 1. The molecule has 1 rings (SSSR count). The molecule has 0 aromatic heterocycles. The molecule has 7 nitrogen and oxygen atoms in total. The second-order valence-electron chi connectivity index (χ2n) is 4.42. The highest BCUT2D eigenvalue weighted by Gasteiger charge is 2.44. The maximum Gasteiger partial charge on any atom is 0.223 e. The largest absolute Gasteiger partial charge is 0.394 e. The molecule has 0 aromatic rings. The Morgan fingerprint density at radius 3 is 2.35 bits per heavy atom. The lowest BCUT2D eigenvalue weighted by Crippen LogP contribution is -2.64. The van der Waals surface area contributed by atoms with Crippen molar-refractivity contribution >= 4 is 5.91 Å². The van der Waals surface area contributed by atoms with Gasteiger partial charge >= 0.3 is 0 Å². The summed E-state index contributed by atoms with van der Waals surface area (Å²) in [7, 11) is 0. The van der Waals surface area contributed by atoms with Crippen molar-refractivity contribution in [2.75, 3.05) is 6.61 Å². The second kappa shape index (κ2) is 5.74. The zero-order valence-electron chi connectivity index (χ0n) is 9.78. The Morgan fingerprint density at radius 1 is 1.29 bits per heavy atom. The van der Waals surface area contributed by atoms with E-state index in [-0.39, 0.29) is 11.8 Å². The standard InChI is InChI=1S/C10H19NO6/c1-4(2)9(15)11-6-8(14)7(13)5(3-12)17-10(6)16/h4-8,10,12-14,16H,3H2,1-2H3,(H,11,15)/t5-,6-,7+,8+,10-/m0/s1. The van der Waals surface area contributed by atoms with Crippen LogP contribution in [0.1, 0.15) is 13.8 Å². The Labute approximate surface area is 99.0 Å². The highest BCUT2D eigenvalue weighted by Crippen LogP contribution is 2.19. The molecule has 0 saturated carbocycles. The summed E-state index contributed by atoms with van der Waals surface area (Å²) < 4.78 is 4.89. The molecular formula is C10H19NO6. The van der Waals surface area contributed by atoms with Crippen LogP contribution in [0.5, 0.6) is 0 Å². The van der Waals surface area contributed by atoms with E-state index in [2.05, 4.69) is 5.32 Å². The number of ether oxygens (including phenoxy) is 1. The topological polar surface area (TPSA) is 119 Å². The number of hydrogen-bond acceptors (Lipinski definition) is 6. The summed E-state index contributed by atoms with van der Waals surface area (Å²) in [5.74, 6) is -0.687. The van der Waals surface area contributed by atoms with Gasteiger partial charge in [-0.2, -0.15) is 0 Å². The van der Waals surface area contributed by atoms with Crippen LogP contribution in [0.15, 0.2) is 0 Å². The van der Waals surface area contributed by atoms with Crippen LogP contribution in [-0.2, 0) is 9.53 Å². The quantitative estimate of drug-likeness (QED) is 0.379. The zero-order chi connectivity index (χ0) is 13.2. The first kappa shape index (κ1) is 14.3. The second-order valence-corrected chi connectivity index (χ2v) is 4.42. The third-order valence-electron chi connectivity index (χ3n) is 2.73. The van der Waals surface area contributed by atoms with E-state index in [1.54, 1.807) is 13.8 Å². The van der Waals surface area contributed by atoms with Gasteiger partial charge in [-0.05, 0) is 0 Å². The van der Waals surface area contributed by atoms with Crippen molar-refractivity contribution in [3.63, 3.8) is 0 Å². The molecule has 0 bridgehead atoms. The molecule has 0 aromatic carbocycles. The van der Waals surface area contributed by atoms with Gasteiger partial charge in [0.1, 0.15) is 24.4 Å². The average molecular weight is 249 g/mol. The number of aliphatic hydroxyl groups excluding tert-OH is 4. The van der Waals surface area contributed by atoms with Crippen LogP contribution in [0.3, 0.4) is 0 Å². The van der Waals surface area contributed by atoms with Gasteiger partial charge in [-0.25, -0.2) is 0 Å². The SMILES string of the molecule is CC(C)C(=O)N[C@H]1[C@@H](O)[C@H](O)[C@H](CO)O[C@@H]1O. The van der Waals surface area contributed by atoms with Crippen molar-refractivity contribution in [1.82, 2.24) is 5.32 Å². The predicted molar refractivity (Wildman–Crippen MR) is 56.7 cm³/mol. The van der Waals surface area contributed by atoms with E-state index in [1.807, 2.05) is 0 Å². The first-order chi connectivity index (χ1) is 7.88. The Kier molecular flexibility index (Phi) is 4.84. The normalized spacial score (nSPS) is 38.2. The summed E-state index contributed by atoms with van der Waals surface area (Å²) >= 11 is 0. The van der Waals surface area contributed by atoms with Crippen LogP contribution in [0, 0.1) is 5.92 Å². The van der Waals surface area contributed by atoms with E-state index in [0.717, 1.165) is 0 Å². The summed E-state index contributed by atoms with van der Waals surface area (Å²) in [5, 5.41) is 40.1. The fraction of sp³-hybridized carbons (Fsp3) is 0.900. The van der Waals surface area contributed by atoms with Crippen LogP contribution in [0.25, 0.3) is 0 Å². The minimum Gasteiger partial charge on any atom is -0.394 e. The maximum absolute atomic E-state index is 11.4. The zero-order valence-corrected chi connectivity index (χ0v) is 9.78. The number of rotatable bonds is 3. The van der Waals surface area contributed by atoms with E-state index in [4.69, 9.17) is 9.84 Å². The van der Waals surface area contributed by atoms with Crippen molar-refractivity contribution in [1.29, 1.82) is 0 Å². The van der Waals surface area contributed by atoms with E-state index >= 15 is 0 Å². The monoisotopic (exact) mass is 249 g/mol. The average Bonchev–Trinajstić information content (AvgIpc) is 2.28. The molecule has 1 aliphatic rings. The number of carbonyl (C=O) groups is 1. The highest BCUT2D eigenvalue weighted by atomic mass is 16.6. The van der Waals surface area contributed by atoms with Crippen LogP contribution in [0.2, 0.25) is 0 Å². The third-order valence-corrected chi connectivity index (χ3v) is 2.73. The molecule has 1 heterocycles. The van der Waals surface area contributed by atoms with Gasteiger partial charge in [0.2, 0.25) is 5.91 Å². The number of aliphatic hydroxyl groups is 4. The molecule has 1 aliphatic heterocycles. The summed E-state index contributed by atoms with van der Waals surface area (Å²) in [6.07, 6.45) is -5.28. The first-order valence-electron chi connectivity index (χ1n) is 5.49. The highest BCUT2D eigenvalue weighted by molar-refractivity contribution is 5.78. The van der Waals surface area contributed by atoms with Crippen molar-refractivity contribution < 1.29 is 30.0 Å². The number of hydrogen-bond donors (Lipinski definition) is 5. The van der Waals surface area contributed by atoms with E-state index in [0.29, 0.717) is 0 Å². The number of amides is 1. The van der Waals surface area contributed by atoms with Gasteiger partial charge in [-0.3, -0.25) is 4.79 Å². The fourth-order valence-electron chi connectivity index (χ4n) is 1.58. The molecule has 1 amide bonds. The van der Waals surface area contributed by atoms with E-state index < -0.39 is 37.3 Å². The van der Waals surface area contributed by atoms with Gasteiger partial charge in [-0.1, -0.05) is 13.8 Å².